The van der Waals surface area contributed by atoms with Crippen LogP contribution in [0.1, 0.15) is 13.3 Å². The van der Waals surface area contributed by atoms with Crippen LogP contribution in [-0.2, 0) is 9.47 Å². The van der Waals surface area contributed by atoms with Crippen molar-refractivity contribution in [3.63, 3.8) is 0 Å². The van der Waals surface area contributed by atoms with Gasteiger partial charge in [-0.15, -0.1) is 0 Å². The lowest BCUT2D eigenvalue weighted by molar-refractivity contribution is -0.144. The summed E-state index contributed by atoms with van der Waals surface area (Å²) in [7, 11) is 3.89. The van der Waals surface area contributed by atoms with E-state index in [9.17, 15) is 0 Å². The maximum Gasteiger partial charge on any atom is 0.171 e. The number of hydrogen-bond donors (Lipinski definition) is 1. The van der Waals surface area contributed by atoms with Gasteiger partial charge in [-0.3, -0.25) is 0 Å². The zero-order valence-electron chi connectivity index (χ0n) is 11.1. The molecule has 0 radical (unpaired) electrons. The molecule has 0 atom stereocenters. The summed E-state index contributed by atoms with van der Waals surface area (Å²) in [5.41, 5.74) is 0. The van der Waals surface area contributed by atoms with Gasteiger partial charge in [0.1, 0.15) is 0 Å². The van der Waals surface area contributed by atoms with E-state index in [2.05, 4.69) is 15.3 Å². The van der Waals surface area contributed by atoms with Crippen molar-refractivity contribution < 1.29 is 9.47 Å². The first-order valence-corrected chi connectivity index (χ1v) is 6.11. The SMILES string of the molecule is CN(C)c1nccnc1NCCC1(C)OCCO1. The number of nitrogens with zero attached hydrogens (tertiary/aromatic N) is 3. The maximum absolute atomic E-state index is 5.55. The van der Waals surface area contributed by atoms with Crippen LogP contribution in [0.5, 0.6) is 0 Å². The van der Waals surface area contributed by atoms with E-state index in [1.54, 1.807) is 12.4 Å². The second-order valence-electron chi connectivity index (χ2n) is 4.63. The monoisotopic (exact) mass is 252 g/mol. The second kappa shape index (κ2) is 5.49. The highest BCUT2D eigenvalue weighted by Gasteiger charge is 2.30. The van der Waals surface area contributed by atoms with E-state index in [1.807, 2.05) is 25.9 Å². The Morgan fingerprint density at radius 2 is 1.94 bits per heavy atom. The van der Waals surface area contributed by atoms with Gasteiger partial charge in [0.15, 0.2) is 17.4 Å². The Bertz CT molecular complexity index is 391. The highest BCUT2D eigenvalue weighted by Crippen LogP contribution is 2.23. The van der Waals surface area contributed by atoms with Gasteiger partial charge in [0.05, 0.1) is 13.2 Å². The summed E-state index contributed by atoms with van der Waals surface area (Å²) in [6.07, 6.45) is 4.14. The molecule has 2 rings (SSSR count). The molecule has 6 heteroatoms. The first-order chi connectivity index (χ1) is 8.61. The highest BCUT2D eigenvalue weighted by atomic mass is 16.7. The van der Waals surface area contributed by atoms with Gasteiger partial charge in [0, 0.05) is 39.5 Å². The molecular weight excluding hydrogens is 232 g/mol. The average Bonchev–Trinajstić information content (AvgIpc) is 2.77. The third kappa shape index (κ3) is 3.08. The molecule has 0 unspecified atom stereocenters. The van der Waals surface area contributed by atoms with Gasteiger partial charge in [-0.2, -0.15) is 0 Å². The fraction of sp³-hybridized carbons (Fsp3) is 0.667. The van der Waals surface area contributed by atoms with E-state index in [1.165, 1.54) is 0 Å². The molecule has 1 saturated heterocycles. The molecular formula is C12H20N4O2. The minimum atomic E-state index is -0.465. The minimum Gasteiger partial charge on any atom is -0.367 e. The topological polar surface area (TPSA) is 59.5 Å². The van der Waals surface area contributed by atoms with Crippen LogP contribution in [-0.4, -0.2) is 49.6 Å². The lowest BCUT2D eigenvalue weighted by atomic mass is 10.2. The summed E-state index contributed by atoms with van der Waals surface area (Å²) in [5, 5.41) is 3.27. The smallest absolute Gasteiger partial charge is 0.171 e. The quantitative estimate of drug-likeness (QED) is 0.847. The highest BCUT2D eigenvalue weighted by molar-refractivity contribution is 5.59. The summed E-state index contributed by atoms with van der Waals surface area (Å²) in [6, 6.07) is 0. The Labute approximate surface area is 107 Å². The van der Waals surface area contributed by atoms with Gasteiger partial charge < -0.3 is 19.7 Å². The van der Waals surface area contributed by atoms with E-state index in [0.29, 0.717) is 13.2 Å². The molecule has 0 bridgehead atoms. The van der Waals surface area contributed by atoms with Crippen LogP contribution >= 0.6 is 0 Å². The first kappa shape index (κ1) is 13.0. The fourth-order valence-electron chi connectivity index (χ4n) is 1.89. The van der Waals surface area contributed by atoms with Gasteiger partial charge in [0.2, 0.25) is 0 Å². The molecule has 0 amide bonds. The van der Waals surface area contributed by atoms with E-state index in [-0.39, 0.29) is 0 Å². The van der Waals surface area contributed by atoms with E-state index in [0.717, 1.165) is 24.6 Å². The van der Waals surface area contributed by atoms with Crippen LogP contribution in [0.4, 0.5) is 11.6 Å². The van der Waals surface area contributed by atoms with Crippen LogP contribution in [0.25, 0.3) is 0 Å². The van der Waals surface area contributed by atoms with Crippen molar-refractivity contribution >= 4 is 11.6 Å². The number of hydrogen-bond acceptors (Lipinski definition) is 6. The van der Waals surface area contributed by atoms with Gasteiger partial charge in [-0.25, -0.2) is 9.97 Å². The van der Waals surface area contributed by atoms with Crippen molar-refractivity contribution in [1.29, 1.82) is 0 Å². The lowest BCUT2D eigenvalue weighted by Gasteiger charge is -2.23. The Balaban J connectivity index is 1.90. The molecule has 0 aliphatic carbocycles. The standard InChI is InChI=1S/C12H20N4O2/c1-12(17-8-9-18-12)4-5-13-10-11(16(2)3)15-7-6-14-10/h6-7H,4-5,8-9H2,1-3H3,(H,13,14). The van der Waals surface area contributed by atoms with Gasteiger partial charge in [-0.1, -0.05) is 0 Å². The number of rotatable bonds is 5. The number of ether oxygens (including phenoxy) is 2. The van der Waals surface area contributed by atoms with E-state index < -0.39 is 5.79 Å². The van der Waals surface area contributed by atoms with Crippen LogP contribution < -0.4 is 10.2 Å². The summed E-state index contributed by atoms with van der Waals surface area (Å²) in [6.45, 7) is 4.04. The Morgan fingerprint density at radius 3 is 2.61 bits per heavy atom. The molecule has 6 nitrogen and oxygen atoms in total. The second-order valence-corrected chi connectivity index (χ2v) is 4.63. The van der Waals surface area contributed by atoms with Gasteiger partial charge >= 0.3 is 0 Å². The molecule has 18 heavy (non-hydrogen) atoms. The molecule has 1 aliphatic heterocycles. The Morgan fingerprint density at radius 1 is 1.28 bits per heavy atom. The van der Waals surface area contributed by atoms with Crippen LogP contribution in [0.3, 0.4) is 0 Å². The molecule has 1 aromatic rings. The van der Waals surface area contributed by atoms with Crippen molar-refractivity contribution in [2.75, 3.05) is 44.1 Å². The molecule has 0 saturated carbocycles. The third-order valence-electron chi connectivity index (χ3n) is 2.87. The molecule has 1 fully saturated rings. The van der Waals surface area contributed by atoms with E-state index >= 15 is 0 Å². The van der Waals surface area contributed by atoms with Crippen molar-refractivity contribution in [2.24, 2.45) is 0 Å². The molecule has 0 spiro atoms. The predicted octanol–water partition coefficient (Wildman–Crippen LogP) is 1.11. The van der Waals surface area contributed by atoms with Crippen molar-refractivity contribution in [3.05, 3.63) is 12.4 Å². The fourth-order valence-corrected chi connectivity index (χ4v) is 1.89. The Hall–Kier alpha value is -1.40. The van der Waals surface area contributed by atoms with Crippen LogP contribution in [0, 0.1) is 0 Å². The number of anilines is 2. The molecule has 1 aliphatic rings. The zero-order valence-corrected chi connectivity index (χ0v) is 11.1. The van der Waals surface area contributed by atoms with Crippen molar-refractivity contribution in [2.45, 2.75) is 19.1 Å². The van der Waals surface area contributed by atoms with E-state index in [4.69, 9.17) is 9.47 Å². The average molecular weight is 252 g/mol. The van der Waals surface area contributed by atoms with Gasteiger partial charge in [-0.05, 0) is 6.92 Å². The molecule has 2 heterocycles. The van der Waals surface area contributed by atoms with Crippen molar-refractivity contribution in [3.8, 4) is 0 Å². The molecule has 1 N–H and O–H groups in total. The largest absolute Gasteiger partial charge is 0.367 e. The van der Waals surface area contributed by atoms with Crippen LogP contribution in [0.15, 0.2) is 12.4 Å². The summed E-state index contributed by atoms with van der Waals surface area (Å²) in [4.78, 5) is 10.5. The predicted molar refractivity (Wildman–Crippen MR) is 69.8 cm³/mol. The minimum absolute atomic E-state index is 0.465. The Kier molecular flexibility index (Phi) is 3.98. The summed E-state index contributed by atoms with van der Waals surface area (Å²) >= 11 is 0. The number of aromatic nitrogens is 2. The maximum atomic E-state index is 5.55. The summed E-state index contributed by atoms with van der Waals surface area (Å²) < 4.78 is 11.1. The zero-order chi connectivity index (χ0) is 13.0. The lowest BCUT2D eigenvalue weighted by Crippen LogP contribution is -2.29. The first-order valence-electron chi connectivity index (χ1n) is 6.11. The molecule has 0 aromatic carbocycles. The van der Waals surface area contributed by atoms with Gasteiger partial charge in [0.25, 0.3) is 0 Å². The normalized spacial score (nSPS) is 17.7. The molecule has 100 valence electrons. The van der Waals surface area contributed by atoms with Crippen molar-refractivity contribution in [1.82, 2.24) is 9.97 Å². The van der Waals surface area contributed by atoms with Crippen LogP contribution in [0.2, 0.25) is 0 Å². The number of nitrogens with one attached hydrogen (secondary N) is 1. The molecule has 1 aromatic heterocycles. The third-order valence-corrected chi connectivity index (χ3v) is 2.87. The summed E-state index contributed by atoms with van der Waals surface area (Å²) in [5.74, 6) is 1.15.